The van der Waals surface area contributed by atoms with Gasteiger partial charge in [0, 0.05) is 10.7 Å². The van der Waals surface area contributed by atoms with E-state index in [4.69, 9.17) is 11.6 Å². The number of amides is 2. The lowest BCUT2D eigenvalue weighted by molar-refractivity contribution is 0.262. The second-order valence-corrected chi connectivity index (χ2v) is 5.66. The van der Waals surface area contributed by atoms with Gasteiger partial charge >= 0.3 is 6.03 Å². The number of urea groups is 1. The van der Waals surface area contributed by atoms with Gasteiger partial charge in [-0.25, -0.2) is 14.2 Å². The molecule has 2 aromatic carbocycles. The molecule has 7 heteroatoms. The van der Waals surface area contributed by atoms with Gasteiger partial charge in [-0.3, -0.25) is 5.32 Å². The molecule has 1 aromatic heterocycles. The highest BCUT2D eigenvalue weighted by molar-refractivity contribution is 7.22. The van der Waals surface area contributed by atoms with Crippen LogP contribution in [0.25, 0.3) is 10.2 Å². The number of thiazole rings is 1. The van der Waals surface area contributed by atoms with E-state index < -0.39 is 11.8 Å². The molecule has 0 aliphatic carbocycles. The molecule has 0 fully saturated rings. The fourth-order valence-corrected chi connectivity index (χ4v) is 2.76. The number of nitrogens with zero attached hydrogens (tertiary/aromatic N) is 1. The maximum atomic E-state index is 13.5. The summed E-state index contributed by atoms with van der Waals surface area (Å²) >= 11 is 6.97. The van der Waals surface area contributed by atoms with Gasteiger partial charge in [-0.15, -0.1) is 0 Å². The molecule has 0 bridgehead atoms. The molecule has 2 amide bonds. The third kappa shape index (κ3) is 3.12. The summed E-state index contributed by atoms with van der Waals surface area (Å²) in [5.41, 5.74) is 0.855. The zero-order chi connectivity index (χ0) is 14.8. The van der Waals surface area contributed by atoms with E-state index in [0.29, 0.717) is 20.5 Å². The number of nitrogens with one attached hydrogen (secondary N) is 2. The van der Waals surface area contributed by atoms with E-state index in [1.54, 1.807) is 36.4 Å². The van der Waals surface area contributed by atoms with Gasteiger partial charge in [0.2, 0.25) is 0 Å². The third-order valence-electron chi connectivity index (χ3n) is 2.69. The van der Waals surface area contributed by atoms with E-state index in [1.165, 1.54) is 17.4 Å². The number of hydrogen-bond donors (Lipinski definition) is 2. The van der Waals surface area contributed by atoms with Gasteiger partial charge in [0.15, 0.2) is 5.13 Å². The molecule has 3 aromatic rings. The molecule has 1 heterocycles. The van der Waals surface area contributed by atoms with Crippen LogP contribution < -0.4 is 10.6 Å². The number of aromatic nitrogens is 1. The first-order chi connectivity index (χ1) is 10.1. The topological polar surface area (TPSA) is 54.0 Å². The Labute approximate surface area is 128 Å². The van der Waals surface area contributed by atoms with Crippen molar-refractivity contribution in [1.29, 1.82) is 0 Å². The van der Waals surface area contributed by atoms with Crippen LogP contribution in [0.5, 0.6) is 0 Å². The van der Waals surface area contributed by atoms with Crippen LogP contribution in [0, 0.1) is 5.82 Å². The van der Waals surface area contributed by atoms with Crippen LogP contribution in [0.2, 0.25) is 5.02 Å². The van der Waals surface area contributed by atoms with Crippen LogP contribution in [0.1, 0.15) is 0 Å². The van der Waals surface area contributed by atoms with Gasteiger partial charge < -0.3 is 5.32 Å². The average molecular weight is 322 g/mol. The molecule has 4 nitrogen and oxygen atoms in total. The number of anilines is 2. The largest absolute Gasteiger partial charge is 0.325 e. The summed E-state index contributed by atoms with van der Waals surface area (Å²) in [6.45, 7) is 0. The van der Waals surface area contributed by atoms with Crippen molar-refractivity contribution in [3.8, 4) is 0 Å². The number of carbonyl (C=O) groups is 1. The normalized spacial score (nSPS) is 10.6. The monoisotopic (exact) mass is 321 g/mol. The predicted molar refractivity (Wildman–Crippen MR) is 83.7 cm³/mol. The minimum absolute atomic E-state index is 0.254. The molecule has 0 saturated heterocycles. The van der Waals surface area contributed by atoms with Gasteiger partial charge in [0.25, 0.3) is 0 Å². The number of halogens is 2. The highest BCUT2D eigenvalue weighted by Gasteiger charge is 2.10. The lowest BCUT2D eigenvalue weighted by atomic mass is 10.3. The van der Waals surface area contributed by atoms with Crippen molar-refractivity contribution in [3.63, 3.8) is 0 Å². The van der Waals surface area contributed by atoms with Gasteiger partial charge in [-0.1, -0.05) is 29.0 Å². The first-order valence-electron chi connectivity index (χ1n) is 6.00. The van der Waals surface area contributed by atoms with E-state index in [2.05, 4.69) is 15.6 Å². The molecule has 2 N–H and O–H groups in total. The number of carbonyl (C=O) groups excluding carboxylic acids is 1. The highest BCUT2D eigenvalue weighted by atomic mass is 35.5. The molecule has 0 atom stereocenters. The minimum atomic E-state index is -0.447. The Morgan fingerprint density at radius 2 is 1.90 bits per heavy atom. The zero-order valence-corrected chi connectivity index (χ0v) is 12.1. The van der Waals surface area contributed by atoms with Crippen LogP contribution in [0.4, 0.5) is 20.0 Å². The molecule has 0 spiro atoms. The van der Waals surface area contributed by atoms with Crippen molar-refractivity contribution in [3.05, 3.63) is 53.3 Å². The van der Waals surface area contributed by atoms with Crippen molar-refractivity contribution in [2.75, 3.05) is 10.6 Å². The van der Waals surface area contributed by atoms with Gasteiger partial charge in [-0.2, -0.15) is 0 Å². The number of fused-ring (bicyclic) bond motifs is 1. The Morgan fingerprint density at radius 3 is 2.62 bits per heavy atom. The van der Waals surface area contributed by atoms with Crippen molar-refractivity contribution >= 4 is 50.0 Å². The summed E-state index contributed by atoms with van der Waals surface area (Å²) in [4.78, 5) is 15.9. The second kappa shape index (κ2) is 5.67. The van der Waals surface area contributed by atoms with E-state index in [-0.39, 0.29) is 5.52 Å². The maximum Gasteiger partial charge on any atom is 0.325 e. The Bertz CT molecular complexity index is 804. The summed E-state index contributed by atoms with van der Waals surface area (Å²) in [5, 5.41) is 6.14. The van der Waals surface area contributed by atoms with Crippen molar-refractivity contribution in [1.82, 2.24) is 4.98 Å². The summed E-state index contributed by atoms with van der Waals surface area (Å²) in [7, 11) is 0. The maximum absolute atomic E-state index is 13.5. The smallest absolute Gasteiger partial charge is 0.308 e. The summed E-state index contributed by atoms with van der Waals surface area (Å²) < 4.78 is 14.2. The molecule has 0 radical (unpaired) electrons. The average Bonchev–Trinajstić information content (AvgIpc) is 2.85. The van der Waals surface area contributed by atoms with Gasteiger partial charge in [0.1, 0.15) is 11.3 Å². The summed E-state index contributed by atoms with van der Waals surface area (Å²) in [6.07, 6.45) is 0. The van der Waals surface area contributed by atoms with Crippen LogP contribution in [0.15, 0.2) is 42.5 Å². The number of benzene rings is 2. The molecule has 3 rings (SSSR count). The Morgan fingerprint density at radius 1 is 1.14 bits per heavy atom. The lowest BCUT2D eigenvalue weighted by Gasteiger charge is -2.04. The van der Waals surface area contributed by atoms with E-state index >= 15 is 0 Å². The van der Waals surface area contributed by atoms with Gasteiger partial charge in [0.05, 0.1) is 4.70 Å². The number of hydrogen-bond acceptors (Lipinski definition) is 3. The minimum Gasteiger partial charge on any atom is -0.308 e. The Hall–Kier alpha value is -2.18. The zero-order valence-electron chi connectivity index (χ0n) is 10.6. The molecular weight excluding hydrogens is 313 g/mol. The summed E-state index contributed by atoms with van der Waals surface area (Å²) in [6, 6.07) is 10.9. The standard InChI is InChI=1S/C14H9ClFN3OS/c15-8-4-6-9(7-5-8)17-13(20)19-14-18-12-10(16)2-1-3-11(12)21-14/h1-7H,(H2,17,18,19,20). The predicted octanol–water partition coefficient (Wildman–Crippen LogP) is 4.73. The molecule has 0 saturated carbocycles. The van der Waals surface area contributed by atoms with Crippen LogP contribution in [0.3, 0.4) is 0 Å². The van der Waals surface area contributed by atoms with E-state index in [0.717, 1.165) is 0 Å². The number of rotatable bonds is 2. The van der Waals surface area contributed by atoms with Crippen molar-refractivity contribution < 1.29 is 9.18 Å². The Kier molecular flexibility index (Phi) is 3.72. The van der Waals surface area contributed by atoms with Gasteiger partial charge in [-0.05, 0) is 36.4 Å². The third-order valence-corrected chi connectivity index (χ3v) is 3.88. The molecule has 106 valence electrons. The van der Waals surface area contributed by atoms with Crippen LogP contribution in [-0.4, -0.2) is 11.0 Å². The Balaban J connectivity index is 1.74. The first kappa shape index (κ1) is 13.8. The van der Waals surface area contributed by atoms with Crippen molar-refractivity contribution in [2.45, 2.75) is 0 Å². The molecule has 0 unspecified atom stereocenters. The second-order valence-electron chi connectivity index (χ2n) is 4.19. The summed E-state index contributed by atoms with van der Waals surface area (Å²) in [5.74, 6) is -0.407. The fraction of sp³-hybridized carbons (Fsp3) is 0. The fourth-order valence-electron chi connectivity index (χ4n) is 1.76. The molecular formula is C14H9ClFN3OS. The molecule has 0 aliphatic heterocycles. The molecule has 21 heavy (non-hydrogen) atoms. The lowest BCUT2D eigenvalue weighted by Crippen LogP contribution is -2.19. The quantitative estimate of drug-likeness (QED) is 0.716. The SMILES string of the molecule is O=C(Nc1ccc(Cl)cc1)Nc1nc2c(F)cccc2s1. The van der Waals surface area contributed by atoms with Crippen LogP contribution >= 0.6 is 22.9 Å². The molecule has 0 aliphatic rings. The van der Waals surface area contributed by atoms with E-state index in [1.807, 2.05) is 0 Å². The van der Waals surface area contributed by atoms with E-state index in [9.17, 15) is 9.18 Å². The number of para-hydroxylation sites is 1. The first-order valence-corrected chi connectivity index (χ1v) is 7.20. The van der Waals surface area contributed by atoms with Crippen molar-refractivity contribution in [2.24, 2.45) is 0 Å². The van der Waals surface area contributed by atoms with Crippen LogP contribution in [-0.2, 0) is 0 Å². The highest BCUT2D eigenvalue weighted by Crippen LogP contribution is 2.27.